The van der Waals surface area contributed by atoms with Crippen LogP contribution in [-0.4, -0.2) is 11.3 Å². The SMILES string of the molecule is CCCCCc1ccccc1OC(=O)O.c1ccc(-c2ccccc2)cc1. The summed E-state index contributed by atoms with van der Waals surface area (Å²) in [4.78, 5) is 10.4. The maximum atomic E-state index is 10.4. The minimum absolute atomic E-state index is 0.459. The fraction of sp³-hybridized carbons (Fsp3) is 0.208. The van der Waals surface area contributed by atoms with Gasteiger partial charge in [0.1, 0.15) is 5.75 Å². The highest BCUT2D eigenvalue weighted by molar-refractivity contribution is 5.63. The van der Waals surface area contributed by atoms with E-state index in [0.717, 1.165) is 31.2 Å². The topological polar surface area (TPSA) is 46.5 Å². The van der Waals surface area contributed by atoms with Gasteiger partial charge in [0.2, 0.25) is 0 Å². The predicted molar refractivity (Wildman–Crippen MR) is 110 cm³/mol. The van der Waals surface area contributed by atoms with E-state index >= 15 is 0 Å². The molecule has 0 aliphatic carbocycles. The van der Waals surface area contributed by atoms with E-state index in [4.69, 9.17) is 9.84 Å². The van der Waals surface area contributed by atoms with Crippen LogP contribution in [-0.2, 0) is 6.42 Å². The highest BCUT2D eigenvalue weighted by Crippen LogP contribution is 2.20. The van der Waals surface area contributed by atoms with Crippen molar-refractivity contribution in [2.24, 2.45) is 0 Å². The third-order valence-electron chi connectivity index (χ3n) is 4.10. The summed E-state index contributed by atoms with van der Waals surface area (Å²) >= 11 is 0. The highest BCUT2D eigenvalue weighted by atomic mass is 16.7. The van der Waals surface area contributed by atoms with E-state index in [2.05, 4.69) is 55.5 Å². The number of carboxylic acid groups (broad SMARTS) is 1. The molecule has 3 aromatic rings. The lowest BCUT2D eigenvalue weighted by atomic mass is 10.1. The Balaban J connectivity index is 0.000000198. The molecule has 0 saturated heterocycles. The molecule has 27 heavy (non-hydrogen) atoms. The molecule has 0 amide bonds. The molecule has 3 aromatic carbocycles. The number of rotatable bonds is 6. The first-order valence-corrected chi connectivity index (χ1v) is 9.30. The summed E-state index contributed by atoms with van der Waals surface area (Å²) in [6.45, 7) is 2.14. The Bertz CT molecular complexity index is 761. The number of para-hydroxylation sites is 1. The van der Waals surface area contributed by atoms with Crippen LogP contribution in [0.2, 0.25) is 0 Å². The van der Waals surface area contributed by atoms with Crippen molar-refractivity contribution in [3.63, 3.8) is 0 Å². The molecule has 0 aliphatic heterocycles. The van der Waals surface area contributed by atoms with Gasteiger partial charge in [-0.3, -0.25) is 0 Å². The van der Waals surface area contributed by atoms with Crippen LogP contribution in [0.1, 0.15) is 31.7 Å². The van der Waals surface area contributed by atoms with Crippen LogP contribution < -0.4 is 4.74 Å². The molecule has 3 rings (SSSR count). The second-order valence-corrected chi connectivity index (χ2v) is 6.16. The van der Waals surface area contributed by atoms with Crippen molar-refractivity contribution >= 4 is 6.16 Å². The lowest BCUT2D eigenvalue weighted by molar-refractivity contribution is 0.144. The minimum Gasteiger partial charge on any atom is -0.449 e. The second-order valence-electron chi connectivity index (χ2n) is 6.16. The molecule has 0 bridgehead atoms. The van der Waals surface area contributed by atoms with Crippen LogP contribution in [0.3, 0.4) is 0 Å². The predicted octanol–water partition coefficient (Wildman–Crippen LogP) is 6.83. The van der Waals surface area contributed by atoms with Gasteiger partial charge in [-0.25, -0.2) is 4.79 Å². The van der Waals surface area contributed by atoms with Crippen LogP contribution in [0, 0.1) is 0 Å². The first kappa shape index (κ1) is 20.2. The lowest BCUT2D eigenvalue weighted by Gasteiger charge is -2.06. The van der Waals surface area contributed by atoms with Crippen LogP contribution in [0.4, 0.5) is 4.79 Å². The van der Waals surface area contributed by atoms with Gasteiger partial charge < -0.3 is 9.84 Å². The van der Waals surface area contributed by atoms with Gasteiger partial charge >= 0.3 is 6.16 Å². The molecular weight excluding hydrogens is 336 g/mol. The van der Waals surface area contributed by atoms with E-state index in [9.17, 15) is 4.79 Å². The number of carbonyl (C=O) groups is 1. The fourth-order valence-electron chi connectivity index (χ4n) is 2.73. The molecule has 3 heteroatoms. The van der Waals surface area contributed by atoms with Gasteiger partial charge in [0, 0.05) is 0 Å². The van der Waals surface area contributed by atoms with Crippen molar-refractivity contribution in [2.75, 3.05) is 0 Å². The maximum absolute atomic E-state index is 10.4. The number of unbranched alkanes of at least 4 members (excludes halogenated alkanes) is 2. The number of hydrogen-bond acceptors (Lipinski definition) is 2. The van der Waals surface area contributed by atoms with E-state index in [-0.39, 0.29) is 0 Å². The van der Waals surface area contributed by atoms with Gasteiger partial charge in [-0.1, -0.05) is 98.6 Å². The Hall–Kier alpha value is -3.07. The summed E-state index contributed by atoms with van der Waals surface area (Å²) in [7, 11) is 0. The molecule has 0 radical (unpaired) electrons. The Morgan fingerprint density at radius 1 is 0.778 bits per heavy atom. The molecular formula is C24H26O3. The fourth-order valence-corrected chi connectivity index (χ4v) is 2.73. The second kappa shape index (κ2) is 11.5. The van der Waals surface area contributed by atoms with Gasteiger partial charge in [-0.2, -0.15) is 0 Å². The van der Waals surface area contributed by atoms with E-state index < -0.39 is 6.16 Å². The number of hydrogen-bond donors (Lipinski definition) is 1. The quantitative estimate of drug-likeness (QED) is 0.297. The number of ether oxygens (including phenoxy) is 1. The van der Waals surface area contributed by atoms with Crippen molar-refractivity contribution in [3.05, 3.63) is 90.5 Å². The van der Waals surface area contributed by atoms with Gasteiger partial charge in [0.15, 0.2) is 0 Å². The van der Waals surface area contributed by atoms with Crippen molar-refractivity contribution < 1.29 is 14.6 Å². The summed E-state index contributed by atoms with van der Waals surface area (Å²) in [6, 6.07) is 28.1. The van der Waals surface area contributed by atoms with Gasteiger partial charge in [0.25, 0.3) is 0 Å². The Labute approximate surface area is 161 Å². The molecule has 0 aliphatic rings. The minimum atomic E-state index is -1.25. The third-order valence-corrected chi connectivity index (χ3v) is 4.10. The summed E-state index contributed by atoms with van der Waals surface area (Å²) < 4.78 is 4.69. The molecule has 1 N–H and O–H groups in total. The van der Waals surface area contributed by atoms with Gasteiger partial charge in [-0.05, 0) is 35.6 Å². The Morgan fingerprint density at radius 3 is 1.81 bits per heavy atom. The number of benzene rings is 3. The average Bonchev–Trinajstić information content (AvgIpc) is 2.71. The van der Waals surface area contributed by atoms with E-state index in [0.29, 0.717) is 5.75 Å². The van der Waals surface area contributed by atoms with Crippen molar-refractivity contribution in [3.8, 4) is 16.9 Å². The van der Waals surface area contributed by atoms with Crippen LogP contribution in [0.15, 0.2) is 84.9 Å². The van der Waals surface area contributed by atoms with Crippen LogP contribution in [0.5, 0.6) is 5.75 Å². The van der Waals surface area contributed by atoms with Crippen molar-refractivity contribution in [2.45, 2.75) is 32.6 Å². The van der Waals surface area contributed by atoms with E-state index in [1.54, 1.807) is 12.1 Å². The van der Waals surface area contributed by atoms with E-state index in [1.807, 2.05) is 24.3 Å². The normalized spacial score (nSPS) is 9.81. The zero-order valence-electron chi connectivity index (χ0n) is 15.7. The summed E-state index contributed by atoms with van der Waals surface area (Å²) in [5, 5.41) is 8.54. The smallest absolute Gasteiger partial charge is 0.449 e. The van der Waals surface area contributed by atoms with Gasteiger partial charge in [-0.15, -0.1) is 0 Å². The molecule has 0 heterocycles. The zero-order chi connectivity index (χ0) is 19.3. The maximum Gasteiger partial charge on any atom is 0.511 e. The summed E-state index contributed by atoms with van der Waals surface area (Å²) in [6.07, 6.45) is 3.00. The highest BCUT2D eigenvalue weighted by Gasteiger charge is 2.06. The Morgan fingerprint density at radius 2 is 1.30 bits per heavy atom. The summed E-state index contributed by atoms with van der Waals surface area (Å²) in [5.74, 6) is 0.459. The third kappa shape index (κ3) is 7.37. The molecule has 0 atom stereocenters. The molecule has 0 aromatic heterocycles. The van der Waals surface area contributed by atoms with Crippen LogP contribution >= 0.6 is 0 Å². The zero-order valence-corrected chi connectivity index (χ0v) is 15.7. The standard InChI is InChI=1S/C12H16O3.C12H10/c1-2-3-4-7-10-8-5-6-9-11(10)15-12(13)14;1-3-7-11(8-4-1)12-9-5-2-6-10-12/h5-6,8-9H,2-4,7H2,1H3,(H,13,14);1-10H. The van der Waals surface area contributed by atoms with Crippen molar-refractivity contribution in [1.29, 1.82) is 0 Å². The molecule has 0 unspecified atom stereocenters. The molecule has 0 fully saturated rings. The molecule has 0 spiro atoms. The Kier molecular flexibility index (Phi) is 8.64. The first-order valence-electron chi connectivity index (χ1n) is 9.30. The molecule has 3 nitrogen and oxygen atoms in total. The number of aryl methyl sites for hydroxylation is 1. The first-order chi connectivity index (χ1) is 13.2. The average molecular weight is 362 g/mol. The lowest BCUT2D eigenvalue weighted by Crippen LogP contribution is -2.05. The summed E-state index contributed by atoms with van der Waals surface area (Å²) in [5.41, 5.74) is 3.52. The molecule has 140 valence electrons. The van der Waals surface area contributed by atoms with E-state index in [1.165, 1.54) is 11.1 Å². The van der Waals surface area contributed by atoms with Crippen LogP contribution in [0.25, 0.3) is 11.1 Å². The van der Waals surface area contributed by atoms with Crippen molar-refractivity contribution in [1.82, 2.24) is 0 Å². The van der Waals surface area contributed by atoms with Gasteiger partial charge in [0.05, 0.1) is 0 Å². The monoisotopic (exact) mass is 362 g/mol. The molecule has 0 saturated carbocycles. The largest absolute Gasteiger partial charge is 0.511 e.